The zero-order valence-corrected chi connectivity index (χ0v) is 19.4. The Morgan fingerprint density at radius 2 is 1.80 bits per heavy atom. The second-order valence-corrected chi connectivity index (χ2v) is 9.18. The molecule has 2 N–H and O–H groups in total. The number of fused-ring (bicyclic) bond motifs is 1. The highest BCUT2D eigenvalue weighted by atomic mass is 16.7. The van der Waals surface area contributed by atoms with Gasteiger partial charge in [-0.3, -0.25) is 9.59 Å². The number of carbonyl (C=O) groups is 1. The lowest BCUT2D eigenvalue weighted by molar-refractivity contribution is -0.150. The average molecular weight is 476 g/mol. The van der Waals surface area contributed by atoms with Crippen molar-refractivity contribution < 1.29 is 23.8 Å². The molecule has 1 fully saturated rings. The topological polar surface area (TPSA) is 98.0 Å². The van der Waals surface area contributed by atoms with E-state index >= 15 is 0 Å². The van der Waals surface area contributed by atoms with Crippen LogP contribution in [0.2, 0.25) is 0 Å². The number of aliphatic hydroxyl groups excluding tert-OH is 1. The standard InChI is InChI=1S/C28H29NO6/c30-15-18-9-11-19(12-10-18)16-34-26-14-20(13-25(35-26)28(32)29-21-5-1-2-6-21)23-17-33-24-8-4-3-7-22(24)27(23)31/h3-4,7-13,17,20-21,26,30H,1-2,5-6,14-16H2,(H,29,32)/t20-,26+/m0/s1. The summed E-state index contributed by atoms with van der Waals surface area (Å²) in [4.78, 5) is 26.3. The minimum Gasteiger partial charge on any atom is -0.464 e. The Hall–Kier alpha value is -3.42. The molecule has 2 aromatic carbocycles. The number of amides is 1. The molecule has 0 spiro atoms. The van der Waals surface area contributed by atoms with E-state index in [1.165, 1.54) is 6.26 Å². The number of ether oxygens (including phenoxy) is 2. The summed E-state index contributed by atoms with van der Waals surface area (Å²) < 4.78 is 17.7. The first-order valence-electron chi connectivity index (χ1n) is 12.1. The average Bonchev–Trinajstić information content (AvgIpc) is 3.41. The quantitative estimate of drug-likeness (QED) is 0.530. The summed E-state index contributed by atoms with van der Waals surface area (Å²) in [5.41, 5.74) is 2.61. The summed E-state index contributed by atoms with van der Waals surface area (Å²) in [6.45, 7) is 0.250. The third kappa shape index (κ3) is 5.31. The Kier molecular flexibility index (Phi) is 6.97. The third-order valence-electron chi connectivity index (χ3n) is 6.72. The van der Waals surface area contributed by atoms with Gasteiger partial charge in [0.05, 0.1) is 24.9 Å². The van der Waals surface area contributed by atoms with Crippen LogP contribution < -0.4 is 10.7 Å². The molecular formula is C28H29NO6. The number of allylic oxidation sites excluding steroid dienone is 1. The maximum atomic E-state index is 13.2. The second kappa shape index (κ2) is 10.5. The zero-order valence-electron chi connectivity index (χ0n) is 19.4. The molecule has 1 saturated carbocycles. The first-order valence-corrected chi connectivity index (χ1v) is 12.1. The van der Waals surface area contributed by atoms with Crippen molar-refractivity contribution >= 4 is 16.9 Å². The van der Waals surface area contributed by atoms with Crippen molar-refractivity contribution in [1.82, 2.24) is 5.32 Å². The van der Waals surface area contributed by atoms with Gasteiger partial charge in [0.2, 0.25) is 6.29 Å². The van der Waals surface area contributed by atoms with Gasteiger partial charge in [0.25, 0.3) is 5.91 Å². The van der Waals surface area contributed by atoms with Crippen molar-refractivity contribution in [3.05, 3.63) is 93.5 Å². The number of rotatable bonds is 7. The minimum absolute atomic E-state index is 0.0207. The number of carbonyl (C=O) groups excluding carboxylic acids is 1. The number of aliphatic hydroxyl groups is 1. The summed E-state index contributed by atoms with van der Waals surface area (Å²) in [5, 5.41) is 12.8. The van der Waals surface area contributed by atoms with Crippen LogP contribution in [-0.2, 0) is 27.5 Å². The molecule has 182 valence electrons. The lowest BCUT2D eigenvalue weighted by Crippen LogP contribution is -2.37. The molecule has 1 aromatic heterocycles. The molecule has 2 heterocycles. The van der Waals surface area contributed by atoms with Crippen molar-refractivity contribution in [1.29, 1.82) is 0 Å². The predicted octanol–water partition coefficient (Wildman–Crippen LogP) is 4.27. The molecule has 1 aliphatic heterocycles. The van der Waals surface area contributed by atoms with Crippen molar-refractivity contribution in [3.63, 3.8) is 0 Å². The minimum atomic E-state index is -0.710. The molecule has 35 heavy (non-hydrogen) atoms. The molecule has 3 aromatic rings. The summed E-state index contributed by atoms with van der Waals surface area (Å²) in [6.07, 6.45) is 6.98. The van der Waals surface area contributed by atoms with Crippen molar-refractivity contribution in [2.75, 3.05) is 0 Å². The van der Waals surface area contributed by atoms with Gasteiger partial charge in [-0.05, 0) is 42.2 Å². The lowest BCUT2D eigenvalue weighted by Gasteiger charge is -2.29. The van der Waals surface area contributed by atoms with Crippen LogP contribution in [0.25, 0.3) is 11.0 Å². The van der Waals surface area contributed by atoms with Gasteiger partial charge in [-0.2, -0.15) is 0 Å². The molecule has 1 aliphatic carbocycles. The molecule has 7 nitrogen and oxygen atoms in total. The van der Waals surface area contributed by atoms with E-state index in [0.717, 1.165) is 36.8 Å². The predicted molar refractivity (Wildman–Crippen MR) is 130 cm³/mol. The molecule has 5 rings (SSSR count). The fourth-order valence-corrected chi connectivity index (χ4v) is 4.74. The van der Waals surface area contributed by atoms with E-state index in [0.29, 0.717) is 23.0 Å². The Morgan fingerprint density at radius 3 is 2.57 bits per heavy atom. The van der Waals surface area contributed by atoms with Gasteiger partial charge in [-0.25, -0.2) is 0 Å². The van der Waals surface area contributed by atoms with Crippen LogP contribution in [0.5, 0.6) is 0 Å². The molecule has 0 radical (unpaired) electrons. The molecule has 0 bridgehead atoms. The lowest BCUT2D eigenvalue weighted by atomic mass is 9.93. The van der Waals surface area contributed by atoms with Gasteiger partial charge in [0.1, 0.15) is 5.58 Å². The fraction of sp³-hybridized carbons (Fsp3) is 0.357. The highest BCUT2D eigenvalue weighted by Crippen LogP contribution is 2.32. The maximum Gasteiger partial charge on any atom is 0.286 e. The van der Waals surface area contributed by atoms with Gasteiger partial charge in [0, 0.05) is 23.9 Å². The number of para-hydroxylation sites is 1. The summed E-state index contributed by atoms with van der Waals surface area (Å²) in [6, 6.07) is 14.7. The largest absolute Gasteiger partial charge is 0.464 e. The third-order valence-corrected chi connectivity index (χ3v) is 6.72. The smallest absolute Gasteiger partial charge is 0.286 e. The van der Waals surface area contributed by atoms with E-state index in [1.807, 2.05) is 30.3 Å². The Morgan fingerprint density at radius 1 is 1.06 bits per heavy atom. The Bertz CT molecular complexity index is 1270. The fourth-order valence-electron chi connectivity index (χ4n) is 4.74. The number of hydrogen-bond acceptors (Lipinski definition) is 6. The van der Waals surface area contributed by atoms with Gasteiger partial charge >= 0.3 is 0 Å². The first-order chi connectivity index (χ1) is 17.1. The Labute approximate surface area is 203 Å². The SMILES string of the molecule is O=C(NC1CCCC1)C1=C[C@H](c2coc3ccccc3c2=O)C[C@H](OCc2ccc(CO)cc2)O1. The molecule has 2 atom stereocenters. The summed E-state index contributed by atoms with van der Waals surface area (Å²) >= 11 is 0. The molecule has 7 heteroatoms. The van der Waals surface area contributed by atoms with Gasteiger partial charge in [-0.15, -0.1) is 0 Å². The monoisotopic (exact) mass is 475 g/mol. The molecule has 0 saturated heterocycles. The first kappa shape index (κ1) is 23.3. The van der Waals surface area contributed by atoms with Gasteiger partial charge in [-0.1, -0.05) is 49.2 Å². The summed E-state index contributed by atoms with van der Waals surface area (Å²) in [5.74, 6) is -0.510. The van der Waals surface area contributed by atoms with Crippen LogP contribution >= 0.6 is 0 Å². The van der Waals surface area contributed by atoms with Gasteiger partial charge in [0.15, 0.2) is 11.2 Å². The van der Waals surface area contributed by atoms with Crippen LogP contribution in [0, 0.1) is 0 Å². The van der Waals surface area contributed by atoms with E-state index in [-0.39, 0.29) is 36.4 Å². The Balaban J connectivity index is 1.39. The van der Waals surface area contributed by atoms with Crippen LogP contribution in [-0.4, -0.2) is 23.3 Å². The number of nitrogens with one attached hydrogen (secondary N) is 1. The van der Waals surface area contributed by atoms with E-state index in [2.05, 4.69) is 5.32 Å². The van der Waals surface area contributed by atoms with Crippen LogP contribution in [0.4, 0.5) is 0 Å². The molecule has 0 unspecified atom stereocenters. The highest BCUT2D eigenvalue weighted by Gasteiger charge is 2.31. The number of hydrogen-bond donors (Lipinski definition) is 2. The van der Waals surface area contributed by atoms with Crippen molar-refractivity contribution in [2.45, 2.75) is 63.6 Å². The second-order valence-electron chi connectivity index (χ2n) is 9.18. The highest BCUT2D eigenvalue weighted by molar-refractivity contribution is 5.92. The normalized spacial score (nSPS) is 20.4. The zero-order chi connectivity index (χ0) is 24.2. The van der Waals surface area contributed by atoms with Crippen LogP contribution in [0.3, 0.4) is 0 Å². The molecular weight excluding hydrogens is 446 g/mol. The van der Waals surface area contributed by atoms with Crippen molar-refractivity contribution in [3.8, 4) is 0 Å². The van der Waals surface area contributed by atoms with Crippen LogP contribution in [0.1, 0.15) is 54.7 Å². The van der Waals surface area contributed by atoms with Gasteiger partial charge < -0.3 is 24.3 Å². The van der Waals surface area contributed by atoms with Crippen molar-refractivity contribution in [2.24, 2.45) is 0 Å². The van der Waals surface area contributed by atoms with E-state index in [4.69, 9.17) is 13.9 Å². The van der Waals surface area contributed by atoms with E-state index < -0.39 is 12.2 Å². The van der Waals surface area contributed by atoms with E-state index in [9.17, 15) is 14.7 Å². The van der Waals surface area contributed by atoms with Crippen LogP contribution in [0.15, 0.2) is 75.8 Å². The summed E-state index contributed by atoms with van der Waals surface area (Å²) in [7, 11) is 0. The maximum absolute atomic E-state index is 13.2. The molecule has 2 aliphatic rings. The molecule has 1 amide bonds. The number of benzene rings is 2. The van der Waals surface area contributed by atoms with E-state index in [1.54, 1.807) is 24.3 Å².